The van der Waals surface area contributed by atoms with Gasteiger partial charge in [0.1, 0.15) is 11.5 Å². The van der Waals surface area contributed by atoms with E-state index in [1.165, 1.54) is 16.8 Å². The highest BCUT2D eigenvalue weighted by Gasteiger charge is 2.15. The van der Waals surface area contributed by atoms with Gasteiger partial charge in [-0.25, -0.2) is 10.4 Å². The zero-order valence-corrected chi connectivity index (χ0v) is 20.3. The predicted octanol–water partition coefficient (Wildman–Crippen LogP) is 4.10. The molecule has 0 saturated carbocycles. The molecule has 172 valence electrons. The summed E-state index contributed by atoms with van der Waals surface area (Å²) in [5.41, 5.74) is 3.79. The molecule has 4 aromatic rings. The first-order valence-electron chi connectivity index (χ1n) is 10.1. The number of fused-ring (bicyclic) bond motifs is 1. The number of thioether (sulfide) groups is 1. The van der Waals surface area contributed by atoms with E-state index in [1.54, 1.807) is 67.8 Å². The van der Waals surface area contributed by atoms with Crippen LogP contribution in [0.3, 0.4) is 0 Å². The third kappa shape index (κ3) is 5.29. The molecule has 8 nitrogen and oxygen atoms in total. The molecular formula is C24H19BrN4O4S. The molecule has 2 N–H and O–H groups in total. The van der Waals surface area contributed by atoms with Crippen molar-refractivity contribution in [3.05, 3.63) is 87.1 Å². The standard InChI is InChI=1S/C24H19BrN4O4S/c1-33-18-9-7-17(8-10-18)29-23(32)19-4-2-3-5-20(19)27-24(29)34-14-22(31)28-26-13-15-12-16(25)6-11-21(15)30/h2-13,30H,14H2,1H3,(H,28,31)/b26-13+. The van der Waals surface area contributed by atoms with Crippen molar-refractivity contribution in [2.24, 2.45) is 5.10 Å². The van der Waals surface area contributed by atoms with Gasteiger partial charge in [0.05, 0.1) is 35.7 Å². The second-order valence-electron chi connectivity index (χ2n) is 7.04. The fraction of sp³-hybridized carbons (Fsp3) is 0.0833. The summed E-state index contributed by atoms with van der Waals surface area (Å²) in [5, 5.41) is 14.6. The summed E-state index contributed by atoms with van der Waals surface area (Å²) in [4.78, 5) is 30.3. The van der Waals surface area contributed by atoms with Crippen LogP contribution >= 0.6 is 27.7 Å². The Balaban J connectivity index is 1.57. The van der Waals surface area contributed by atoms with Crippen molar-refractivity contribution < 1.29 is 14.6 Å². The number of phenolic OH excluding ortho intramolecular Hbond substituents is 1. The van der Waals surface area contributed by atoms with Gasteiger partial charge in [-0.15, -0.1) is 0 Å². The molecule has 1 aromatic heterocycles. The number of aromatic hydroxyl groups is 1. The van der Waals surface area contributed by atoms with Gasteiger partial charge in [-0.3, -0.25) is 14.2 Å². The third-order valence-electron chi connectivity index (χ3n) is 4.79. The number of nitrogens with one attached hydrogen (secondary N) is 1. The number of phenols is 1. The van der Waals surface area contributed by atoms with Gasteiger partial charge in [0.2, 0.25) is 0 Å². The van der Waals surface area contributed by atoms with Crippen molar-refractivity contribution >= 4 is 50.7 Å². The summed E-state index contributed by atoms with van der Waals surface area (Å²) in [6.07, 6.45) is 1.35. The molecule has 34 heavy (non-hydrogen) atoms. The number of hydrogen-bond acceptors (Lipinski definition) is 7. The van der Waals surface area contributed by atoms with Gasteiger partial charge in [0.15, 0.2) is 5.16 Å². The summed E-state index contributed by atoms with van der Waals surface area (Å²) in [5.74, 6) is 0.287. The second-order valence-corrected chi connectivity index (χ2v) is 8.89. The number of nitrogens with zero attached hydrogens (tertiary/aromatic N) is 3. The van der Waals surface area contributed by atoms with E-state index in [9.17, 15) is 14.7 Å². The summed E-state index contributed by atoms with van der Waals surface area (Å²) in [7, 11) is 1.57. The molecule has 0 radical (unpaired) electrons. The van der Waals surface area contributed by atoms with E-state index >= 15 is 0 Å². The summed E-state index contributed by atoms with van der Waals surface area (Å²) in [6.45, 7) is 0. The number of hydrogen-bond donors (Lipinski definition) is 2. The van der Waals surface area contributed by atoms with Crippen LogP contribution in [0.25, 0.3) is 16.6 Å². The number of hydrazone groups is 1. The van der Waals surface area contributed by atoms with Crippen LogP contribution in [-0.2, 0) is 4.79 Å². The van der Waals surface area contributed by atoms with Gasteiger partial charge in [0.25, 0.3) is 11.5 Å². The maximum absolute atomic E-state index is 13.3. The summed E-state index contributed by atoms with van der Waals surface area (Å²) >= 11 is 4.44. The van der Waals surface area contributed by atoms with Gasteiger partial charge in [-0.05, 0) is 54.6 Å². The van der Waals surface area contributed by atoms with E-state index < -0.39 is 0 Å². The van der Waals surface area contributed by atoms with Crippen molar-refractivity contribution in [3.63, 3.8) is 0 Å². The highest BCUT2D eigenvalue weighted by Crippen LogP contribution is 2.23. The number of carbonyl (C=O) groups is 1. The first-order chi connectivity index (χ1) is 16.5. The Hall–Kier alpha value is -3.63. The molecule has 0 fully saturated rings. The number of amides is 1. The number of para-hydroxylation sites is 1. The van der Waals surface area contributed by atoms with E-state index in [0.717, 1.165) is 16.2 Å². The fourth-order valence-electron chi connectivity index (χ4n) is 3.13. The lowest BCUT2D eigenvalue weighted by molar-refractivity contribution is -0.118. The number of ether oxygens (including phenoxy) is 1. The molecule has 0 aliphatic carbocycles. The lowest BCUT2D eigenvalue weighted by Crippen LogP contribution is -2.24. The molecule has 10 heteroatoms. The summed E-state index contributed by atoms with van der Waals surface area (Å²) < 4.78 is 7.45. The lowest BCUT2D eigenvalue weighted by atomic mass is 10.2. The SMILES string of the molecule is COc1ccc(-n2c(SCC(=O)N/N=C/c3cc(Br)ccc3O)nc3ccccc3c2=O)cc1. The summed E-state index contributed by atoms with van der Waals surface area (Å²) in [6, 6.07) is 19.0. The Morgan fingerprint density at radius 1 is 1.21 bits per heavy atom. The number of carbonyl (C=O) groups excluding carboxylic acids is 1. The first-order valence-corrected chi connectivity index (χ1v) is 11.8. The highest BCUT2D eigenvalue weighted by molar-refractivity contribution is 9.10. The molecule has 0 aliphatic rings. The minimum Gasteiger partial charge on any atom is -0.507 e. The number of halogens is 1. The van der Waals surface area contributed by atoms with Crippen molar-refractivity contribution in [2.75, 3.05) is 12.9 Å². The lowest BCUT2D eigenvalue weighted by Gasteiger charge is -2.13. The van der Waals surface area contributed by atoms with Gasteiger partial charge < -0.3 is 9.84 Å². The van der Waals surface area contributed by atoms with E-state index in [1.807, 2.05) is 0 Å². The predicted molar refractivity (Wildman–Crippen MR) is 136 cm³/mol. The van der Waals surface area contributed by atoms with Crippen LogP contribution < -0.4 is 15.7 Å². The van der Waals surface area contributed by atoms with Crippen LogP contribution in [0.4, 0.5) is 0 Å². The van der Waals surface area contributed by atoms with Crippen LogP contribution in [-0.4, -0.2) is 39.6 Å². The maximum Gasteiger partial charge on any atom is 0.266 e. The maximum atomic E-state index is 13.3. The van der Waals surface area contributed by atoms with Gasteiger partial charge in [0, 0.05) is 10.0 Å². The zero-order valence-electron chi connectivity index (χ0n) is 17.9. The van der Waals surface area contributed by atoms with Crippen LogP contribution in [0.5, 0.6) is 11.5 Å². The Morgan fingerprint density at radius 3 is 2.74 bits per heavy atom. The third-order valence-corrected chi connectivity index (χ3v) is 6.22. The Kier molecular flexibility index (Phi) is 7.29. The molecule has 0 unspecified atom stereocenters. The number of methoxy groups -OCH3 is 1. The van der Waals surface area contributed by atoms with Crippen molar-refractivity contribution in [3.8, 4) is 17.2 Å². The normalized spacial score (nSPS) is 11.1. The molecule has 0 spiro atoms. The van der Waals surface area contributed by atoms with Crippen LogP contribution in [0.15, 0.2) is 86.3 Å². The molecular weight excluding hydrogens is 520 g/mol. The second kappa shape index (κ2) is 10.5. The van der Waals surface area contributed by atoms with Gasteiger partial charge >= 0.3 is 0 Å². The largest absolute Gasteiger partial charge is 0.507 e. The molecule has 1 heterocycles. The van der Waals surface area contributed by atoms with E-state index in [0.29, 0.717) is 33.1 Å². The molecule has 3 aromatic carbocycles. The van der Waals surface area contributed by atoms with Crippen LogP contribution in [0.2, 0.25) is 0 Å². The quantitative estimate of drug-likeness (QED) is 0.159. The van der Waals surface area contributed by atoms with E-state index in [-0.39, 0.29) is 23.0 Å². The smallest absolute Gasteiger partial charge is 0.266 e. The van der Waals surface area contributed by atoms with Crippen molar-refractivity contribution in [1.82, 2.24) is 15.0 Å². The minimum absolute atomic E-state index is 0.0251. The fourth-order valence-corrected chi connectivity index (χ4v) is 4.32. The Morgan fingerprint density at radius 2 is 1.97 bits per heavy atom. The van der Waals surface area contributed by atoms with Gasteiger partial charge in [-0.2, -0.15) is 5.10 Å². The average Bonchev–Trinajstić information content (AvgIpc) is 2.85. The van der Waals surface area contributed by atoms with E-state index in [4.69, 9.17) is 4.74 Å². The minimum atomic E-state index is -0.389. The molecule has 4 rings (SSSR count). The van der Waals surface area contributed by atoms with Crippen LogP contribution in [0, 0.1) is 0 Å². The number of benzene rings is 3. The monoisotopic (exact) mass is 538 g/mol. The van der Waals surface area contributed by atoms with Gasteiger partial charge in [-0.1, -0.05) is 39.8 Å². The molecule has 0 atom stereocenters. The number of rotatable bonds is 7. The topological polar surface area (TPSA) is 106 Å². The molecule has 1 amide bonds. The van der Waals surface area contributed by atoms with E-state index in [2.05, 4.69) is 31.4 Å². The van der Waals surface area contributed by atoms with Crippen molar-refractivity contribution in [1.29, 1.82) is 0 Å². The van der Waals surface area contributed by atoms with Crippen LogP contribution in [0.1, 0.15) is 5.56 Å². The molecule has 0 bridgehead atoms. The Labute approximate surface area is 207 Å². The molecule has 0 saturated heterocycles. The molecule has 0 aliphatic heterocycles. The number of aromatic nitrogens is 2. The first kappa shape index (κ1) is 23.5. The zero-order chi connectivity index (χ0) is 24.1. The average molecular weight is 539 g/mol. The Bertz CT molecular complexity index is 1440. The highest BCUT2D eigenvalue weighted by atomic mass is 79.9. The van der Waals surface area contributed by atoms with Crippen molar-refractivity contribution in [2.45, 2.75) is 5.16 Å².